The van der Waals surface area contributed by atoms with Gasteiger partial charge in [0.15, 0.2) is 0 Å². The lowest BCUT2D eigenvalue weighted by molar-refractivity contribution is 0.779. The molecule has 3 heteroatoms. The Morgan fingerprint density at radius 3 is 2.79 bits per heavy atom. The molecule has 1 aromatic heterocycles. The molecule has 0 aromatic carbocycles. The molecule has 2 N–H and O–H groups in total. The van der Waals surface area contributed by atoms with E-state index >= 15 is 0 Å². The third kappa shape index (κ3) is 1.87. The van der Waals surface area contributed by atoms with Gasteiger partial charge in [0.1, 0.15) is 0 Å². The van der Waals surface area contributed by atoms with Crippen LogP contribution in [-0.4, -0.2) is 18.1 Å². The molecule has 1 aliphatic rings. The van der Waals surface area contributed by atoms with Crippen molar-refractivity contribution >= 4 is 5.69 Å². The van der Waals surface area contributed by atoms with E-state index in [1.165, 1.54) is 31.6 Å². The van der Waals surface area contributed by atoms with Gasteiger partial charge in [-0.2, -0.15) is 0 Å². The molecular weight excluding hydrogens is 174 g/mol. The number of hydrogen-bond donors (Lipinski definition) is 1. The number of rotatable bonds is 2. The molecule has 2 rings (SSSR count). The van der Waals surface area contributed by atoms with Crippen molar-refractivity contribution < 1.29 is 0 Å². The smallest absolute Gasteiger partial charge is 0.0588 e. The topological polar surface area (TPSA) is 42.1 Å². The summed E-state index contributed by atoms with van der Waals surface area (Å²) in [5.74, 6) is 0. The quantitative estimate of drug-likeness (QED) is 0.773. The molecule has 76 valence electrons. The third-order valence-corrected chi connectivity index (χ3v) is 2.70. The monoisotopic (exact) mass is 191 g/mol. The van der Waals surface area contributed by atoms with Gasteiger partial charge in [0, 0.05) is 31.0 Å². The molecule has 14 heavy (non-hydrogen) atoms. The van der Waals surface area contributed by atoms with Crippen LogP contribution in [0.2, 0.25) is 0 Å². The highest BCUT2D eigenvalue weighted by Crippen LogP contribution is 2.21. The maximum Gasteiger partial charge on any atom is 0.0588 e. The molecule has 1 atom stereocenters. The second-order valence-electron chi connectivity index (χ2n) is 3.92. The van der Waals surface area contributed by atoms with E-state index in [0.717, 1.165) is 5.69 Å². The molecule has 0 spiro atoms. The second-order valence-corrected chi connectivity index (χ2v) is 3.92. The summed E-state index contributed by atoms with van der Waals surface area (Å²) in [5.41, 5.74) is 8.05. The zero-order valence-corrected chi connectivity index (χ0v) is 8.61. The third-order valence-electron chi connectivity index (χ3n) is 2.70. The molecule has 1 saturated heterocycles. The number of nitrogens with zero attached hydrogens (tertiary/aromatic N) is 2. The first-order valence-corrected chi connectivity index (χ1v) is 5.24. The lowest BCUT2D eigenvalue weighted by Crippen LogP contribution is -2.18. The SMILES string of the molecule is CC(N)c1cc(N2CCCC2)ccn1. The van der Waals surface area contributed by atoms with Gasteiger partial charge in [-0.3, -0.25) is 4.98 Å². The van der Waals surface area contributed by atoms with Crippen LogP contribution in [0.3, 0.4) is 0 Å². The van der Waals surface area contributed by atoms with Crippen LogP contribution in [0.1, 0.15) is 31.5 Å². The number of nitrogens with two attached hydrogens (primary N) is 1. The van der Waals surface area contributed by atoms with Crippen LogP contribution in [0.4, 0.5) is 5.69 Å². The van der Waals surface area contributed by atoms with Crippen molar-refractivity contribution in [2.45, 2.75) is 25.8 Å². The Hall–Kier alpha value is -1.09. The fraction of sp³-hybridized carbons (Fsp3) is 0.545. The maximum atomic E-state index is 5.80. The van der Waals surface area contributed by atoms with Crippen molar-refractivity contribution in [2.24, 2.45) is 5.73 Å². The zero-order valence-electron chi connectivity index (χ0n) is 8.61. The Morgan fingerprint density at radius 1 is 1.43 bits per heavy atom. The standard InChI is InChI=1S/C11H17N3/c1-9(12)11-8-10(4-5-13-11)14-6-2-3-7-14/h4-5,8-9H,2-3,6-7,12H2,1H3. The highest BCUT2D eigenvalue weighted by molar-refractivity contribution is 5.47. The minimum atomic E-state index is 0.0255. The van der Waals surface area contributed by atoms with E-state index < -0.39 is 0 Å². The highest BCUT2D eigenvalue weighted by atomic mass is 15.1. The Labute approximate surface area is 84.9 Å². The molecule has 1 aromatic rings. The van der Waals surface area contributed by atoms with Crippen LogP contribution < -0.4 is 10.6 Å². The van der Waals surface area contributed by atoms with E-state index in [0.29, 0.717) is 0 Å². The first-order valence-electron chi connectivity index (χ1n) is 5.24. The van der Waals surface area contributed by atoms with Gasteiger partial charge in [-0.1, -0.05) is 0 Å². The minimum Gasteiger partial charge on any atom is -0.371 e. The van der Waals surface area contributed by atoms with E-state index in [1.807, 2.05) is 13.1 Å². The molecular formula is C11H17N3. The molecule has 3 nitrogen and oxygen atoms in total. The van der Waals surface area contributed by atoms with Gasteiger partial charge < -0.3 is 10.6 Å². The number of pyridine rings is 1. The van der Waals surface area contributed by atoms with E-state index in [2.05, 4.69) is 22.0 Å². The summed E-state index contributed by atoms with van der Waals surface area (Å²) in [6.07, 6.45) is 4.46. The summed E-state index contributed by atoms with van der Waals surface area (Å²) in [5, 5.41) is 0. The van der Waals surface area contributed by atoms with Crippen molar-refractivity contribution in [1.82, 2.24) is 4.98 Å². The number of anilines is 1. The predicted octanol–water partition coefficient (Wildman–Crippen LogP) is 1.70. The van der Waals surface area contributed by atoms with Gasteiger partial charge in [-0.25, -0.2) is 0 Å². The first-order chi connectivity index (χ1) is 6.77. The minimum absolute atomic E-state index is 0.0255. The normalized spacial score (nSPS) is 18.6. The van der Waals surface area contributed by atoms with E-state index in [-0.39, 0.29) is 6.04 Å². The van der Waals surface area contributed by atoms with Gasteiger partial charge in [-0.05, 0) is 31.9 Å². The fourth-order valence-electron chi connectivity index (χ4n) is 1.86. The summed E-state index contributed by atoms with van der Waals surface area (Å²) >= 11 is 0. The lowest BCUT2D eigenvalue weighted by atomic mass is 10.2. The predicted molar refractivity (Wildman–Crippen MR) is 58.3 cm³/mol. The maximum absolute atomic E-state index is 5.80. The van der Waals surface area contributed by atoms with Gasteiger partial charge in [0.05, 0.1) is 5.69 Å². The van der Waals surface area contributed by atoms with Gasteiger partial charge in [0.2, 0.25) is 0 Å². The van der Waals surface area contributed by atoms with Crippen LogP contribution in [0.25, 0.3) is 0 Å². The Balaban J connectivity index is 2.21. The van der Waals surface area contributed by atoms with E-state index in [4.69, 9.17) is 5.73 Å². The van der Waals surface area contributed by atoms with E-state index in [1.54, 1.807) is 0 Å². The van der Waals surface area contributed by atoms with Crippen LogP contribution >= 0.6 is 0 Å². The largest absolute Gasteiger partial charge is 0.371 e. The van der Waals surface area contributed by atoms with Crippen molar-refractivity contribution in [3.63, 3.8) is 0 Å². The van der Waals surface area contributed by atoms with Crippen molar-refractivity contribution in [1.29, 1.82) is 0 Å². The van der Waals surface area contributed by atoms with Crippen LogP contribution in [0.15, 0.2) is 18.3 Å². The molecule has 0 bridgehead atoms. The van der Waals surface area contributed by atoms with Crippen LogP contribution in [0.5, 0.6) is 0 Å². The average Bonchev–Trinajstić information content (AvgIpc) is 2.71. The lowest BCUT2D eigenvalue weighted by Gasteiger charge is -2.18. The molecule has 0 amide bonds. The summed E-state index contributed by atoms with van der Waals surface area (Å²) < 4.78 is 0. The summed E-state index contributed by atoms with van der Waals surface area (Å²) in [7, 11) is 0. The number of aromatic nitrogens is 1. The van der Waals surface area contributed by atoms with Gasteiger partial charge in [-0.15, -0.1) is 0 Å². The second kappa shape index (κ2) is 3.96. The van der Waals surface area contributed by atoms with E-state index in [9.17, 15) is 0 Å². The number of hydrogen-bond acceptors (Lipinski definition) is 3. The molecule has 0 saturated carbocycles. The Bertz CT molecular complexity index is 303. The van der Waals surface area contributed by atoms with Crippen LogP contribution in [0, 0.1) is 0 Å². The zero-order chi connectivity index (χ0) is 9.97. The Kier molecular flexibility index (Phi) is 2.68. The fourth-order valence-corrected chi connectivity index (χ4v) is 1.86. The molecule has 0 aliphatic carbocycles. The summed E-state index contributed by atoms with van der Waals surface area (Å²) in [4.78, 5) is 6.66. The molecule has 1 fully saturated rings. The van der Waals surface area contributed by atoms with Gasteiger partial charge in [0.25, 0.3) is 0 Å². The van der Waals surface area contributed by atoms with Crippen molar-refractivity contribution in [3.8, 4) is 0 Å². The molecule has 2 heterocycles. The molecule has 1 aliphatic heterocycles. The summed E-state index contributed by atoms with van der Waals surface area (Å²) in [6.45, 7) is 4.31. The highest BCUT2D eigenvalue weighted by Gasteiger charge is 2.13. The Morgan fingerprint density at radius 2 is 2.14 bits per heavy atom. The molecule has 0 radical (unpaired) electrons. The van der Waals surface area contributed by atoms with Crippen LogP contribution in [-0.2, 0) is 0 Å². The summed E-state index contributed by atoms with van der Waals surface area (Å²) in [6, 6.07) is 4.20. The average molecular weight is 191 g/mol. The van der Waals surface area contributed by atoms with Crippen molar-refractivity contribution in [3.05, 3.63) is 24.0 Å². The first kappa shape index (κ1) is 9.46. The molecule has 1 unspecified atom stereocenters. The van der Waals surface area contributed by atoms with Gasteiger partial charge >= 0.3 is 0 Å². The van der Waals surface area contributed by atoms with Crippen molar-refractivity contribution in [2.75, 3.05) is 18.0 Å².